The lowest BCUT2D eigenvalue weighted by Crippen LogP contribution is -2.40. The van der Waals surface area contributed by atoms with Crippen molar-refractivity contribution in [1.82, 2.24) is 10.2 Å². The summed E-state index contributed by atoms with van der Waals surface area (Å²) in [6.45, 7) is 4.84. The molecule has 39 heavy (non-hydrogen) atoms. The van der Waals surface area contributed by atoms with Gasteiger partial charge in [0, 0.05) is 25.6 Å². The van der Waals surface area contributed by atoms with Crippen LogP contribution in [0, 0.1) is 0 Å². The molecule has 1 aliphatic rings. The average Bonchev–Trinajstić information content (AvgIpc) is 3.00. The molecule has 1 heterocycles. The molecule has 5 heteroatoms. The Morgan fingerprint density at radius 3 is 2.44 bits per heavy atom. The molecule has 0 saturated carbocycles. The summed E-state index contributed by atoms with van der Waals surface area (Å²) in [6.07, 6.45) is 3.00. The molecule has 0 amide bonds. The topological polar surface area (TPSA) is 54.0 Å². The Hall–Kier alpha value is -3.22. The standard InChI is InChI=1S/C34H40N2O3/c37-26-36(21-18-27-7-2-1-3-8-27)20-6-22-38-32-15-13-30(14-16-32)33-17-19-35-24-34(33)39-25-28-11-12-29-9-4-5-10-31(29)23-28/h1-5,7-16,23,33-35,37H,6,17-22,24-26H2. The predicted octanol–water partition coefficient (Wildman–Crippen LogP) is 5.77. The van der Waals surface area contributed by atoms with Gasteiger partial charge in [-0.25, -0.2) is 0 Å². The SMILES string of the molecule is OCN(CCCOc1ccc(C2CCNCC2OCc2ccc3ccccc3c2)cc1)CCc1ccccc1. The van der Waals surface area contributed by atoms with E-state index in [1.165, 1.54) is 27.5 Å². The first-order valence-corrected chi connectivity index (χ1v) is 14.2. The number of rotatable bonds is 13. The lowest BCUT2D eigenvalue weighted by Gasteiger charge is -2.32. The summed E-state index contributed by atoms with van der Waals surface area (Å²) < 4.78 is 12.5. The van der Waals surface area contributed by atoms with Gasteiger partial charge in [-0.05, 0) is 71.5 Å². The van der Waals surface area contributed by atoms with E-state index in [-0.39, 0.29) is 12.8 Å². The third kappa shape index (κ3) is 7.90. The molecule has 0 aromatic heterocycles. The number of piperidine rings is 1. The van der Waals surface area contributed by atoms with Crippen molar-refractivity contribution in [3.8, 4) is 5.75 Å². The molecule has 4 aromatic carbocycles. The highest BCUT2D eigenvalue weighted by molar-refractivity contribution is 5.82. The van der Waals surface area contributed by atoms with Crippen molar-refractivity contribution >= 4 is 10.8 Å². The van der Waals surface area contributed by atoms with Crippen LogP contribution in [0.5, 0.6) is 5.75 Å². The zero-order valence-electron chi connectivity index (χ0n) is 22.7. The van der Waals surface area contributed by atoms with Crippen LogP contribution in [0.1, 0.15) is 35.4 Å². The predicted molar refractivity (Wildman–Crippen MR) is 158 cm³/mol. The molecule has 5 nitrogen and oxygen atoms in total. The molecule has 204 valence electrons. The molecule has 1 fully saturated rings. The minimum Gasteiger partial charge on any atom is -0.494 e. The molecule has 0 radical (unpaired) electrons. The zero-order valence-corrected chi connectivity index (χ0v) is 22.7. The largest absolute Gasteiger partial charge is 0.494 e. The lowest BCUT2D eigenvalue weighted by atomic mass is 9.87. The number of hydrogen-bond donors (Lipinski definition) is 2. The highest BCUT2D eigenvalue weighted by atomic mass is 16.5. The maximum Gasteiger partial charge on any atom is 0.119 e. The van der Waals surface area contributed by atoms with Crippen LogP contribution in [0.15, 0.2) is 97.1 Å². The van der Waals surface area contributed by atoms with Gasteiger partial charge in [-0.1, -0.05) is 78.9 Å². The fourth-order valence-corrected chi connectivity index (χ4v) is 5.39. The van der Waals surface area contributed by atoms with Crippen LogP contribution in [0.3, 0.4) is 0 Å². The Kier molecular flexibility index (Phi) is 9.99. The summed E-state index contributed by atoms with van der Waals surface area (Å²) in [6, 6.07) is 34.0. The number of benzene rings is 4. The minimum absolute atomic E-state index is 0.0713. The van der Waals surface area contributed by atoms with E-state index in [1.54, 1.807) is 0 Å². The molecule has 1 aliphatic heterocycles. The maximum atomic E-state index is 9.71. The summed E-state index contributed by atoms with van der Waals surface area (Å²) in [5, 5.41) is 15.7. The van der Waals surface area contributed by atoms with Crippen LogP contribution in [-0.2, 0) is 17.8 Å². The first kappa shape index (κ1) is 27.4. The van der Waals surface area contributed by atoms with E-state index >= 15 is 0 Å². The highest BCUT2D eigenvalue weighted by Crippen LogP contribution is 2.30. The smallest absolute Gasteiger partial charge is 0.119 e. The van der Waals surface area contributed by atoms with Gasteiger partial charge in [0.25, 0.3) is 0 Å². The molecule has 2 unspecified atom stereocenters. The Morgan fingerprint density at radius 1 is 0.821 bits per heavy atom. The molecule has 2 atom stereocenters. The van der Waals surface area contributed by atoms with E-state index in [4.69, 9.17) is 9.47 Å². The number of hydrogen-bond acceptors (Lipinski definition) is 5. The summed E-state index contributed by atoms with van der Waals surface area (Å²) >= 11 is 0. The van der Waals surface area contributed by atoms with Gasteiger partial charge in [0.05, 0.1) is 26.0 Å². The normalized spacial score (nSPS) is 17.5. The van der Waals surface area contributed by atoms with E-state index in [9.17, 15) is 5.11 Å². The first-order chi connectivity index (χ1) is 19.3. The van der Waals surface area contributed by atoms with Gasteiger partial charge in [-0.15, -0.1) is 0 Å². The Morgan fingerprint density at radius 2 is 1.62 bits per heavy atom. The van der Waals surface area contributed by atoms with Crippen LogP contribution in [0.2, 0.25) is 0 Å². The number of nitrogens with one attached hydrogen (secondary N) is 1. The van der Waals surface area contributed by atoms with Crippen molar-refractivity contribution in [3.63, 3.8) is 0 Å². The molecule has 0 bridgehead atoms. The van der Waals surface area contributed by atoms with Gasteiger partial charge < -0.3 is 19.9 Å². The maximum absolute atomic E-state index is 9.71. The van der Waals surface area contributed by atoms with Crippen molar-refractivity contribution in [1.29, 1.82) is 0 Å². The van der Waals surface area contributed by atoms with Crippen LogP contribution in [0.25, 0.3) is 10.8 Å². The van der Waals surface area contributed by atoms with E-state index in [1.807, 2.05) is 6.07 Å². The van der Waals surface area contributed by atoms with Crippen molar-refractivity contribution in [2.75, 3.05) is 39.5 Å². The second kappa shape index (κ2) is 14.2. The fraction of sp³-hybridized carbons (Fsp3) is 0.353. The molecule has 1 saturated heterocycles. The van der Waals surface area contributed by atoms with E-state index in [0.29, 0.717) is 19.1 Å². The summed E-state index contributed by atoms with van der Waals surface area (Å²) in [7, 11) is 0. The highest BCUT2D eigenvalue weighted by Gasteiger charge is 2.27. The Labute approximate surface area is 232 Å². The second-order valence-electron chi connectivity index (χ2n) is 10.4. The van der Waals surface area contributed by atoms with Crippen molar-refractivity contribution in [3.05, 3.63) is 114 Å². The summed E-state index contributed by atoms with van der Waals surface area (Å²) in [4.78, 5) is 2.06. The van der Waals surface area contributed by atoms with Crippen LogP contribution >= 0.6 is 0 Å². The van der Waals surface area contributed by atoms with E-state index in [0.717, 1.165) is 51.2 Å². The molecule has 4 aromatic rings. The molecular formula is C34H40N2O3. The molecule has 2 N–H and O–H groups in total. The van der Waals surface area contributed by atoms with Crippen LogP contribution in [0.4, 0.5) is 0 Å². The second-order valence-corrected chi connectivity index (χ2v) is 10.4. The number of ether oxygens (including phenoxy) is 2. The zero-order chi connectivity index (χ0) is 26.7. The quantitative estimate of drug-likeness (QED) is 0.172. The molecule has 0 aliphatic carbocycles. The number of aliphatic hydroxyl groups excluding tert-OH is 1. The monoisotopic (exact) mass is 524 g/mol. The van der Waals surface area contributed by atoms with Gasteiger partial charge in [0.2, 0.25) is 0 Å². The first-order valence-electron chi connectivity index (χ1n) is 14.2. The lowest BCUT2D eigenvalue weighted by molar-refractivity contribution is 0.0106. The summed E-state index contributed by atoms with van der Waals surface area (Å²) in [5.41, 5.74) is 3.81. The molecule has 0 spiro atoms. The van der Waals surface area contributed by atoms with Crippen molar-refractivity contribution < 1.29 is 14.6 Å². The Bertz CT molecular complexity index is 1280. The number of fused-ring (bicyclic) bond motifs is 1. The fourth-order valence-electron chi connectivity index (χ4n) is 5.39. The van der Waals surface area contributed by atoms with Crippen molar-refractivity contribution in [2.24, 2.45) is 0 Å². The minimum atomic E-state index is 0.0713. The Balaban J connectivity index is 1.08. The van der Waals surface area contributed by atoms with Crippen LogP contribution in [-0.4, -0.2) is 55.6 Å². The van der Waals surface area contributed by atoms with Gasteiger partial charge in [0.15, 0.2) is 0 Å². The van der Waals surface area contributed by atoms with E-state index in [2.05, 4.69) is 101 Å². The van der Waals surface area contributed by atoms with Crippen LogP contribution < -0.4 is 10.1 Å². The number of nitrogens with zero attached hydrogens (tertiary/aromatic N) is 1. The van der Waals surface area contributed by atoms with Gasteiger partial charge in [-0.3, -0.25) is 4.90 Å². The van der Waals surface area contributed by atoms with Gasteiger partial charge >= 0.3 is 0 Å². The average molecular weight is 525 g/mol. The third-order valence-corrected chi connectivity index (χ3v) is 7.66. The third-order valence-electron chi connectivity index (χ3n) is 7.66. The summed E-state index contributed by atoms with van der Waals surface area (Å²) in [5.74, 6) is 1.25. The van der Waals surface area contributed by atoms with E-state index < -0.39 is 0 Å². The van der Waals surface area contributed by atoms with Crippen molar-refractivity contribution in [2.45, 2.75) is 37.9 Å². The molecule has 5 rings (SSSR count). The van der Waals surface area contributed by atoms with Gasteiger partial charge in [-0.2, -0.15) is 0 Å². The number of aliphatic hydroxyl groups is 1. The molecular weight excluding hydrogens is 484 g/mol. The van der Waals surface area contributed by atoms with Gasteiger partial charge in [0.1, 0.15) is 5.75 Å².